The second-order valence-electron chi connectivity index (χ2n) is 6.26. The smallest absolute Gasteiger partial charge is 0.146 e. The molecule has 3 atom stereocenters. The Kier molecular flexibility index (Phi) is 3.69. The van der Waals surface area contributed by atoms with E-state index in [4.69, 9.17) is 5.73 Å². The van der Waals surface area contributed by atoms with Crippen molar-refractivity contribution in [1.82, 2.24) is 4.90 Å². The van der Waals surface area contributed by atoms with Crippen LogP contribution in [-0.2, 0) is 0 Å². The van der Waals surface area contributed by atoms with E-state index >= 15 is 0 Å². The van der Waals surface area contributed by atoms with E-state index in [0.29, 0.717) is 12.1 Å². The number of fused-ring (bicyclic) bond motifs is 1. The molecule has 3 rings (SSSR count). The highest BCUT2D eigenvalue weighted by molar-refractivity contribution is 5.57. The number of halogens is 1. The summed E-state index contributed by atoms with van der Waals surface area (Å²) in [4.78, 5) is 4.79. The van der Waals surface area contributed by atoms with Crippen LogP contribution in [0.2, 0.25) is 0 Å². The molecule has 0 aromatic heterocycles. The maximum atomic E-state index is 14.4. The van der Waals surface area contributed by atoms with Crippen molar-refractivity contribution in [3.63, 3.8) is 0 Å². The van der Waals surface area contributed by atoms with Gasteiger partial charge in [0.1, 0.15) is 5.82 Å². The summed E-state index contributed by atoms with van der Waals surface area (Å²) in [6.45, 7) is 7.25. The molecular formula is C16H24FN3. The van der Waals surface area contributed by atoms with Crippen molar-refractivity contribution in [2.45, 2.75) is 44.8 Å². The summed E-state index contributed by atoms with van der Waals surface area (Å²) >= 11 is 0. The predicted molar refractivity (Wildman–Crippen MR) is 80.4 cm³/mol. The monoisotopic (exact) mass is 277 g/mol. The first-order valence-corrected chi connectivity index (χ1v) is 7.62. The molecule has 0 bridgehead atoms. The molecule has 2 N–H and O–H groups in total. The zero-order valence-corrected chi connectivity index (χ0v) is 12.3. The Morgan fingerprint density at radius 3 is 2.90 bits per heavy atom. The molecule has 2 aliphatic rings. The van der Waals surface area contributed by atoms with E-state index in [1.54, 1.807) is 12.1 Å². The summed E-state index contributed by atoms with van der Waals surface area (Å²) in [5, 5.41) is 0. The molecule has 0 radical (unpaired) electrons. The Labute approximate surface area is 120 Å². The number of nitrogens with zero attached hydrogens (tertiary/aromatic N) is 2. The van der Waals surface area contributed by atoms with Crippen LogP contribution in [0, 0.1) is 5.82 Å². The molecule has 20 heavy (non-hydrogen) atoms. The van der Waals surface area contributed by atoms with Gasteiger partial charge in [-0.25, -0.2) is 4.39 Å². The molecule has 2 unspecified atom stereocenters. The van der Waals surface area contributed by atoms with Crippen LogP contribution in [0.25, 0.3) is 0 Å². The van der Waals surface area contributed by atoms with Crippen LogP contribution in [0.15, 0.2) is 18.2 Å². The third kappa shape index (κ3) is 2.31. The molecule has 1 aromatic rings. The van der Waals surface area contributed by atoms with Gasteiger partial charge in [-0.2, -0.15) is 0 Å². The molecule has 0 saturated carbocycles. The minimum absolute atomic E-state index is 0.141. The lowest BCUT2D eigenvalue weighted by Crippen LogP contribution is -2.55. The average Bonchev–Trinajstić information content (AvgIpc) is 2.84. The minimum Gasteiger partial charge on any atom is -0.363 e. The number of rotatable bonds is 2. The Morgan fingerprint density at radius 2 is 2.15 bits per heavy atom. The van der Waals surface area contributed by atoms with Gasteiger partial charge < -0.3 is 10.6 Å². The quantitative estimate of drug-likeness (QED) is 0.901. The van der Waals surface area contributed by atoms with Crippen molar-refractivity contribution < 1.29 is 4.39 Å². The highest BCUT2D eigenvalue weighted by Gasteiger charge is 2.36. The van der Waals surface area contributed by atoms with Gasteiger partial charge in [-0.15, -0.1) is 0 Å². The molecule has 2 heterocycles. The fourth-order valence-corrected chi connectivity index (χ4v) is 3.70. The second kappa shape index (κ2) is 5.34. The lowest BCUT2D eigenvalue weighted by atomic mass is 10.0. The molecule has 4 heteroatoms. The number of hydrogen-bond donors (Lipinski definition) is 1. The third-order valence-electron chi connectivity index (χ3n) is 4.73. The van der Waals surface area contributed by atoms with Gasteiger partial charge in [0, 0.05) is 31.2 Å². The van der Waals surface area contributed by atoms with E-state index < -0.39 is 0 Å². The topological polar surface area (TPSA) is 32.5 Å². The van der Waals surface area contributed by atoms with E-state index in [2.05, 4.69) is 16.7 Å². The Hall–Kier alpha value is -1.13. The highest BCUT2D eigenvalue weighted by Crippen LogP contribution is 2.34. The van der Waals surface area contributed by atoms with Gasteiger partial charge in [0.15, 0.2) is 0 Å². The van der Waals surface area contributed by atoms with Gasteiger partial charge in [0.2, 0.25) is 0 Å². The van der Waals surface area contributed by atoms with Crippen LogP contribution in [0.3, 0.4) is 0 Å². The number of benzene rings is 1. The molecule has 1 aromatic carbocycles. The first-order chi connectivity index (χ1) is 9.58. The van der Waals surface area contributed by atoms with Gasteiger partial charge in [0.05, 0.1) is 5.69 Å². The Bertz CT molecular complexity index is 489. The summed E-state index contributed by atoms with van der Waals surface area (Å²) in [6, 6.07) is 6.03. The number of piperazine rings is 1. The van der Waals surface area contributed by atoms with Crippen molar-refractivity contribution >= 4 is 5.69 Å². The molecule has 0 aliphatic carbocycles. The fourth-order valence-electron chi connectivity index (χ4n) is 3.70. The third-order valence-corrected chi connectivity index (χ3v) is 4.73. The van der Waals surface area contributed by atoms with Crippen LogP contribution in [0.4, 0.5) is 10.1 Å². The summed E-state index contributed by atoms with van der Waals surface area (Å²) in [6.07, 6.45) is 2.49. The SMILES string of the molecule is CC1CN2CCCC2CN1c1c(F)cccc1[C@@H](C)N. The molecule has 110 valence electrons. The van der Waals surface area contributed by atoms with E-state index in [-0.39, 0.29) is 11.9 Å². The fraction of sp³-hybridized carbons (Fsp3) is 0.625. The number of para-hydroxylation sites is 1. The van der Waals surface area contributed by atoms with Gasteiger partial charge in [-0.3, -0.25) is 4.90 Å². The van der Waals surface area contributed by atoms with Crippen molar-refractivity contribution in [3.8, 4) is 0 Å². The van der Waals surface area contributed by atoms with Crippen molar-refractivity contribution in [3.05, 3.63) is 29.6 Å². The number of anilines is 1. The summed E-state index contributed by atoms with van der Waals surface area (Å²) in [5.41, 5.74) is 7.68. The zero-order valence-electron chi connectivity index (χ0n) is 12.3. The van der Waals surface area contributed by atoms with Gasteiger partial charge in [-0.1, -0.05) is 12.1 Å². The number of nitrogens with two attached hydrogens (primary N) is 1. The maximum absolute atomic E-state index is 14.4. The molecule has 0 amide bonds. The van der Waals surface area contributed by atoms with E-state index in [1.807, 2.05) is 13.0 Å². The molecule has 0 spiro atoms. The van der Waals surface area contributed by atoms with Gasteiger partial charge in [-0.05, 0) is 44.9 Å². The normalized spacial score (nSPS) is 28.5. The van der Waals surface area contributed by atoms with Crippen LogP contribution in [0.5, 0.6) is 0 Å². The largest absolute Gasteiger partial charge is 0.363 e. The van der Waals surface area contributed by atoms with Crippen molar-refractivity contribution in [2.24, 2.45) is 5.73 Å². The standard InChI is InChI=1S/C16H24FN3/c1-11-9-19-8-4-5-13(19)10-20(11)16-14(12(2)18)6-3-7-15(16)17/h3,6-7,11-13H,4-5,8-10,18H2,1-2H3/t11?,12-,13?/m1/s1. The Morgan fingerprint density at radius 1 is 1.35 bits per heavy atom. The van der Waals surface area contributed by atoms with E-state index in [1.165, 1.54) is 19.4 Å². The maximum Gasteiger partial charge on any atom is 0.146 e. The second-order valence-corrected chi connectivity index (χ2v) is 6.26. The first kappa shape index (κ1) is 13.8. The van der Waals surface area contributed by atoms with E-state index in [0.717, 1.165) is 24.3 Å². The molecule has 3 nitrogen and oxygen atoms in total. The minimum atomic E-state index is -0.144. The average molecular weight is 277 g/mol. The highest BCUT2D eigenvalue weighted by atomic mass is 19.1. The lowest BCUT2D eigenvalue weighted by molar-refractivity contribution is 0.202. The zero-order chi connectivity index (χ0) is 14.3. The van der Waals surface area contributed by atoms with Gasteiger partial charge in [0.25, 0.3) is 0 Å². The van der Waals surface area contributed by atoms with Crippen LogP contribution < -0.4 is 10.6 Å². The molecule has 2 aliphatic heterocycles. The van der Waals surface area contributed by atoms with Crippen molar-refractivity contribution in [1.29, 1.82) is 0 Å². The molecular weight excluding hydrogens is 253 g/mol. The predicted octanol–water partition coefficient (Wildman–Crippen LogP) is 2.52. The Balaban J connectivity index is 1.95. The first-order valence-electron chi connectivity index (χ1n) is 7.62. The summed E-state index contributed by atoms with van der Waals surface area (Å²) in [5.74, 6) is -0.141. The van der Waals surface area contributed by atoms with Gasteiger partial charge >= 0.3 is 0 Å². The summed E-state index contributed by atoms with van der Waals surface area (Å²) in [7, 11) is 0. The molecule has 2 fully saturated rings. The van der Waals surface area contributed by atoms with E-state index in [9.17, 15) is 4.39 Å². The van der Waals surface area contributed by atoms with Crippen LogP contribution >= 0.6 is 0 Å². The van der Waals surface area contributed by atoms with Crippen molar-refractivity contribution in [2.75, 3.05) is 24.5 Å². The van der Waals surface area contributed by atoms with Crippen LogP contribution in [-0.4, -0.2) is 36.6 Å². The lowest BCUT2D eigenvalue weighted by Gasteiger charge is -2.44. The summed E-state index contributed by atoms with van der Waals surface area (Å²) < 4.78 is 14.4. The number of hydrogen-bond acceptors (Lipinski definition) is 3. The molecule has 2 saturated heterocycles. The van der Waals surface area contributed by atoms with Crippen LogP contribution in [0.1, 0.15) is 38.3 Å².